The zero-order chi connectivity index (χ0) is 29.7. The Balaban J connectivity index is 1.55. The molecule has 8 nitrogen and oxygen atoms in total. The van der Waals surface area contributed by atoms with Crippen LogP contribution in [-0.2, 0) is 11.2 Å². The van der Waals surface area contributed by atoms with Crippen molar-refractivity contribution in [3.8, 4) is 23.0 Å². The Morgan fingerprint density at radius 2 is 1.46 bits per heavy atom. The van der Waals surface area contributed by atoms with Crippen molar-refractivity contribution in [3.63, 3.8) is 0 Å². The van der Waals surface area contributed by atoms with Crippen molar-refractivity contribution in [2.45, 2.75) is 45.1 Å². The van der Waals surface area contributed by atoms with Gasteiger partial charge in [-0.3, -0.25) is 4.79 Å². The first kappa shape index (κ1) is 29.7. The molecule has 0 radical (unpaired) electrons. The number of rotatable bonds is 9. The van der Waals surface area contributed by atoms with Crippen LogP contribution >= 0.6 is 0 Å². The van der Waals surface area contributed by atoms with Gasteiger partial charge >= 0.3 is 12.0 Å². The molecule has 0 aromatic heterocycles. The average molecular weight is 573 g/mol. The molecule has 0 atom stereocenters. The zero-order valence-electron chi connectivity index (χ0n) is 22.6. The van der Waals surface area contributed by atoms with Crippen molar-refractivity contribution >= 4 is 17.7 Å². The fourth-order valence-corrected chi connectivity index (χ4v) is 4.76. The molecule has 0 saturated carbocycles. The first-order valence-electron chi connectivity index (χ1n) is 13.1. The molecular weight excluding hydrogens is 541 g/mol. The lowest BCUT2D eigenvalue weighted by Gasteiger charge is -2.39. The number of likely N-dealkylation sites (tertiary alicyclic amines) is 1. The molecule has 4 rings (SSSR count). The number of carboxylic acid groups (broad SMARTS) is 1. The Hall–Kier alpha value is -4.25. The van der Waals surface area contributed by atoms with Crippen molar-refractivity contribution in [2.75, 3.05) is 18.4 Å². The minimum Gasteiger partial charge on any atom is -0.481 e. The van der Waals surface area contributed by atoms with Crippen LogP contribution in [0.5, 0.6) is 23.0 Å². The van der Waals surface area contributed by atoms with Crippen LogP contribution in [0.3, 0.4) is 0 Å². The van der Waals surface area contributed by atoms with E-state index in [4.69, 9.17) is 14.6 Å². The Morgan fingerprint density at radius 3 is 2.00 bits per heavy atom. The van der Waals surface area contributed by atoms with Gasteiger partial charge < -0.3 is 29.9 Å². The molecule has 0 bridgehead atoms. The third-order valence-corrected chi connectivity index (χ3v) is 6.63. The van der Waals surface area contributed by atoms with E-state index in [1.165, 1.54) is 36.4 Å². The van der Waals surface area contributed by atoms with Crippen LogP contribution in [0.15, 0.2) is 54.6 Å². The number of aliphatic hydroxyl groups is 1. The number of amides is 2. The van der Waals surface area contributed by atoms with Crippen LogP contribution < -0.4 is 14.8 Å². The van der Waals surface area contributed by atoms with Gasteiger partial charge in [-0.2, -0.15) is 0 Å². The Kier molecular flexibility index (Phi) is 9.07. The van der Waals surface area contributed by atoms with Crippen LogP contribution in [0, 0.1) is 23.4 Å². The molecule has 0 spiro atoms. The molecule has 1 fully saturated rings. The second-order valence-electron chi connectivity index (χ2n) is 10.5. The molecule has 11 heteroatoms. The summed E-state index contributed by atoms with van der Waals surface area (Å²) in [7, 11) is 0. The van der Waals surface area contributed by atoms with Crippen LogP contribution in [-0.4, -0.2) is 45.8 Å². The van der Waals surface area contributed by atoms with Crippen molar-refractivity contribution in [3.05, 3.63) is 77.6 Å². The van der Waals surface area contributed by atoms with E-state index < -0.39 is 41.5 Å². The maximum Gasteiger partial charge on any atom is 0.321 e. The van der Waals surface area contributed by atoms with Crippen LogP contribution in [0.4, 0.5) is 23.7 Å². The number of carboxylic acids is 1. The quantitative estimate of drug-likeness (QED) is 0.263. The number of nitrogens with one attached hydrogen (secondary N) is 1. The monoisotopic (exact) mass is 572 g/mol. The highest BCUT2D eigenvalue weighted by atomic mass is 19.2. The van der Waals surface area contributed by atoms with Gasteiger partial charge in [-0.15, -0.1) is 0 Å². The number of urea groups is 1. The number of aliphatic carboxylic acids is 1. The van der Waals surface area contributed by atoms with E-state index in [-0.39, 0.29) is 34.2 Å². The Bertz CT molecular complexity index is 1420. The van der Waals surface area contributed by atoms with Gasteiger partial charge in [0.2, 0.25) is 0 Å². The summed E-state index contributed by atoms with van der Waals surface area (Å²) < 4.78 is 53.0. The second kappa shape index (κ2) is 12.5. The molecule has 2 amide bonds. The van der Waals surface area contributed by atoms with Gasteiger partial charge in [-0.1, -0.05) is 19.9 Å². The number of nitrogens with zero attached hydrogens (tertiary/aromatic N) is 1. The predicted octanol–water partition coefficient (Wildman–Crippen LogP) is 6.72. The molecule has 41 heavy (non-hydrogen) atoms. The number of carbonyl (C=O) groups excluding carboxylic acids is 1. The lowest BCUT2D eigenvalue weighted by atomic mass is 9.84. The zero-order valence-corrected chi connectivity index (χ0v) is 22.6. The van der Waals surface area contributed by atoms with Crippen LogP contribution in [0.1, 0.15) is 38.7 Å². The highest BCUT2D eigenvalue weighted by Gasteiger charge is 2.34. The SMILES string of the molecule is CC(C)CC1(O)CCN(C(=O)Nc2cc(Oc3ccc(F)c(F)c3)cc(Oc3ccc(CC(=O)O)c(F)c3)c2)CC1. The molecular formula is C30H31F3N2O6. The largest absolute Gasteiger partial charge is 0.481 e. The highest BCUT2D eigenvalue weighted by Crippen LogP contribution is 2.34. The van der Waals surface area contributed by atoms with Gasteiger partial charge in [0.05, 0.1) is 12.0 Å². The maximum absolute atomic E-state index is 14.4. The van der Waals surface area contributed by atoms with Crippen molar-refractivity contribution in [1.29, 1.82) is 0 Å². The number of piperidine rings is 1. The molecule has 0 aliphatic carbocycles. The van der Waals surface area contributed by atoms with Gasteiger partial charge in [0, 0.05) is 49.1 Å². The first-order valence-corrected chi connectivity index (χ1v) is 13.1. The van der Waals surface area contributed by atoms with E-state index in [9.17, 15) is 27.9 Å². The molecule has 1 saturated heterocycles. The third-order valence-electron chi connectivity index (χ3n) is 6.63. The lowest BCUT2D eigenvalue weighted by Crippen LogP contribution is -2.48. The van der Waals surface area contributed by atoms with Gasteiger partial charge in [0.25, 0.3) is 0 Å². The summed E-state index contributed by atoms with van der Waals surface area (Å²) in [6, 6.07) is 10.6. The fraction of sp³-hybridized carbons (Fsp3) is 0.333. The van der Waals surface area contributed by atoms with Crippen LogP contribution in [0.25, 0.3) is 0 Å². The van der Waals surface area contributed by atoms with E-state index in [0.29, 0.717) is 38.3 Å². The predicted molar refractivity (Wildman–Crippen MR) is 145 cm³/mol. The molecule has 3 aromatic rings. The first-order chi connectivity index (χ1) is 19.4. The number of carbonyl (C=O) groups is 2. The van der Waals surface area contributed by atoms with E-state index in [1.54, 1.807) is 4.90 Å². The molecule has 1 heterocycles. The van der Waals surface area contributed by atoms with E-state index in [2.05, 4.69) is 5.32 Å². The summed E-state index contributed by atoms with van der Waals surface area (Å²) in [5.41, 5.74) is -0.592. The highest BCUT2D eigenvalue weighted by molar-refractivity contribution is 5.90. The van der Waals surface area contributed by atoms with Gasteiger partial charge in [0.1, 0.15) is 28.8 Å². The number of halogens is 3. The summed E-state index contributed by atoms with van der Waals surface area (Å²) in [6.07, 6.45) is 1.03. The number of anilines is 1. The standard InChI is InChI=1S/C30H31F3N2O6/c1-18(2)17-30(39)7-9-35(10-8-30)29(38)34-20-12-23(40-21-4-3-19(11-28(36)37)26(32)15-21)14-24(13-20)41-22-5-6-25(31)27(33)16-22/h3-6,12-16,18,39H,7-11,17H2,1-2H3,(H,34,38)(H,36,37). The van der Waals surface area contributed by atoms with E-state index in [1.807, 2.05) is 13.8 Å². The number of hydrogen-bond donors (Lipinski definition) is 3. The fourth-order valence-electron chi connectivity index (χ4n) is 4.76. The number of ether oxygens (including phenoxy) is 2. The van der Waals surface area contributed by atoms with Crippen molar-refractivity contribution in [1.82, 2.24) is 4.90 Å². The van der Waals surface area contributed by atoms with E-state index in [0.717, 1.165) is 18.2 Å². The molecule has 218 valence electrons. The lowest BCUT2D eigenvalue weighted by molar-refractivity contribution is -0.136. The minimum atomic E-state index is -1.18. The summed E-state index contributed by atoms with van der Waals surface area (Å²) in [4.78, 5) is 25.6. The maximum atomic E-state index is 14.4. The average Bonchev–Trinajstić information content (AvgIpc) is 2.87. The van der Waals surface area contributed by atoms with E-state index >= 15 is 0 Å². The van der Waals surface area contributed by atoms with Gasteiger partial charge in [0.15, 0.2) is 11.6 Å². The second-order valence-corrected chi connectivity index (χ2v) is 10.5. The topological polar surface area (TPSA) is 108 Å². The molecule has 1 aliphatic rings. The normalized spacial score (nSPS) is 14.6. The van der Waals surface area contributed by atoms with Gasteiger partial charge in [-0.25, -0.2) is 18.0 Å². The van der Waals surface area contributed by atoms with Gasteiger partial charge in [-0.05, 0) is 48.9 Å². The third kappa shape index (κ3) is 8.14. The summed E-state index contributed by atoms with van der Waals surface area (Å²) in [5.74, 6) is -3.51. The minimum absolute atomic E-state index is 0.0112. The Morgan fingerprint density at radius 1 is 0.878 bits per heavy atom. The smallest absolute Gasteiger partial charge is 0.321 e. The molecule has 0 unspecified atom stereocenters. The summed E-state index contributed by atoms with van der Waals surface area (Å²) in [5, 5.41) is 22.5. The van der Waals surface area contributed by atoms with Crippen molar-refractivity contribution in [2.24, 2.45) is 5.92 Å². The molecule has 3 aromatic carbocycles. The summed E-state index contributed by atoms with van der Waals surface area (Å²) >= 11 is 0. The van der Waals surface area contributed by atoms with Crippen LogP contribution in [0.2, 0.25) is 0 Å². The number of hydrogen-bond acceptors (Lipinski definition) is 5. The summed E-state index contributed by atoms with van der Waals surface area (Å²) in [6.45, 7) is 4.77. The molecule has 3 N–H and O–H groups in total. The number of benzene rings is 3. The molecule has 1 aliphatic heterocycles. The Labute approximate surface area is 235 Å². The van der Waals surface area contributed by atoms with Crippen molar-refractivity contribution < 1.29 is 42.4 Å².